The molecule has 0 spiro atoms. The Bertz CT molecular complexity index is 1030. The van der Waals surface area contributed by atoms with E-state index in [0.717, 1.165) is 21.0 Å². The van der Waals surface area contributed by atoms with Crippen molar-refractivity contribution in [3.05, 3.63) is 60.9 Å². The van der Waals surface area contributed by atoms with E-state index in [0.29, 0.717) is 11.7 Å². The van der Waals surface area contributed by atoms with Crippen LogP contribution < -0.4 is 4.90 Å². The Morgan fingerprint density at radius 1 is 1.15 bits per heavy atom. The second-order valence-corrected chi connectivity index (χ2v) is 7.66. The molecule has 4 aromatic rings. The molecule has 8 heteroatoms. The monoisotopic (exact) mass is 395 g/mol. The summed E-state index contributed by atoms with van der Waals surface area (Å²) < 4.78 is 2.96. The van der Waals surface area contributed by atoms with Gasteiger partial charge in [-0.05, 0) is 31.2 Å². The Kier molecular flexibility index (Phi) is 5.17. The first-order valence-corrected chi connectivity index (χ1v) is 10.3. The molecular formula is C19H17N5OS2. The molecule has 0 fully saturated rings. The Morgan fingerprint density at radius 2 is 1.93 bits per heavy atom. The van der Waals surface area contributed by atoms with E-state index in [1.54, 1.807) is 11.2 Å². The van der Waals surface area contributed by atoms with Crippen LogP contribution in [-0.2, 0) is 4.79 Å². The van der Waals surface area contributed by atoms with Crippen LogP contribution >= 0.6 is 23.1 Å². The molecule has 0 unspecified atom stereocenters. The first-order valence-electron chi connectivity index (χ1n) is 8.50. The molecule has 2 heterocycles. The molecule has 0 aliphatic carbocycles. The third-order valence-electron chi connectivity index (χ3n) is 4.01. The van der Waals surface area contributed by atoms with Gasteiger partial charge in [-0.25, -0.2) is 4.98 Å². The smallest absolute Gasteiger partial charge is 0.239 e. The molecule has 4 rings (SSSR count). The summed E-state index contributed by atoms with van der Waals surface area (Å²) in [6.07, 6.45) is 1.66. The number of fused-ring (bicyclic) bond motifs is 1. The average molecular weight is 396 g/mol. The van der Waals surface area contributed by atoms with Gasteiger partial charge in [-0.1, -0.05) is 53.4 Å². The summed E-state index contributed by atoms with van der Waals surface area (Å²) >= 11 is 2.91. The van der Waals surface area contributed by atoms with E-state index >= 15 is 0 Å². The van der Waals surface area contributed by atoms with Gasteiger partial charge in [0.05, 0.1) is 16.0 Å². The van der Waals surface area contributed by atoms with Gasteiger partial charge in [0.2, 0.25) is 5.91 Å². The number of rotatable bonds is 6. The minimum absolute atomic E-state index is 0.00386. The van der Waals surface area contributed by atoms with Gasteiger partial charge in [0.25, 0.3) is 0 Å². The van der Waals surface area contributed by atoms with Gasteiger partial charge in [-0.2, -0.15) is 0 Å². The van der Waals surface area contributed by atoms with Gasteiger partial charge in [0, 0.05) is 12.2 Å². The topological polar surface area (TPSA) is 63.9 Å². The number of aromatic nitrogens is 4. The zero-order chi connectivity index (χ0) is 18.6. The molecule has 0 bridgehead atoms. The zero-order valence-corrected chi connectivity index (χ0v) is 16.3. The fraction of sp³-hybridized carbons (Fsp3) is 0.158. The highest BCUT2D eigenvalue weighted by atomic mass is 32.2. The molecule has 0 aliphatic rings. The maximum atomic E-state index is 12.8. The van der Waals surface area contributed by atoms with Crippen LogP contribution in [0.25, 0.3) is 15.9 Å². The lowest BCUT2D eigenvalue weighted by molar-refractivity contribution is -0.116. The number of benzene rings is 2. The van der Waals surface area contributed by atoms with Crippen LogP contribution in [0.15, 0.2) is 66.1 Å². The summed E-state index contributed by atoms with van der Waals surface area (Å²) in [5, 5.41) is 9.55. The number of thiazole rings is 1. The number of hydrogen-bond donors (Lipinski definition) is 0. The lowest BCUT2D eigenvalue weighted by Gasteiger charge is -2.17. The maximum absolute atomic E-state index is 12.8. The van der Waals surface area contributed by atoms with Crippen molar-refractivity contribution in [2.24, 2.45) is 0 Å². The predicted octanol–water partition coefficient (Wildman–Crippen LogP) is 4.02. The van der Waals surface area contributed by atoms with Crippen LogP contribution in [0, 0.1) is 0 Å². The van der Waals surface area contributed by atoms with Crippen LogP contribution in [0.3, 0.4) is 0 Å². The molecule has 0 aliphatic heterocycles. The zero-order valence-electron chi connectivity index (χ0n) is 14.6. The molecular weight excluding hydrogens is 378 g/mol. The lowest BCUT2D eigenvalue weighted by atomic mass is 10.3. The van der Waals surface area contributed by atoms with Gasteiger partial charge in [0.15, 0.2) is 10.3 Å². The Balaban J connectivity index is 1.50. The van der Waals surface area contributed by atoms with Gasteiger partial charge in [0.1, 0.15) is 6.33 Å². The average Bonchev–Trinajstić information content (AvgIpc) is 3.34. The number of hydrogen-bond acceptors (Lipinski definition) is 6. The van der Waals surface area contributed by atoms with Crippen molar-refractivity contribution >= 4 is 44.4 Å². The van der Waals surface area contributed by atoms with Crippen molar-refractivity contribution in [1.29, 1.82) is 0 Å². The molecule has 2 aromatic heterocycles. The molecule has 136 valence electrons. The summed E-state index contributed by atoms with van der Waals surface area (Å²) in [5.74, 6) is 0.277. The summed E-state index contributed by atoms with van der Waals surface area (Å²) in [5.41, 5.74) is 1.89. The molecule has 0 saturated heterocycles. The highest BCUT2D eigenvalue weighted by Crippen LogP contribution is 2.29. The maximum Gasteiger partial charge on any atom is 0.239 e. The van der Waals surface area contributed by atoms with Crippen molar-refractivity contribution in [1.82, 2.24) is 19.7 Å². The molecule has 0 saturated carbocycles. The molecule has 2 aromatic carbocycles. The van der Waals surface area contributed by atoms with Crippen molar-refractivity contribution in [2.75, 3.05) is 17.2 Å². The van der Waals surface area contributed by atoms with Crippen LogP contribution in [0.5, 0.6) is 0 Å². The van der Waals surface area contributed by atoms with E-state index in [1.165, 1.54) is 23.1 Å². The third kappa shape index (κ3) is 3.72. The largest absolute Gasteiger partial charge is 0.288 e. The summed E-state index contributed by atoms with van der Waals surface area (Å²) in [6, 6.07) is 17.8. The fourth-order valence-electron chi connectivity index (χ4n) is 2.69. The number of para-hydroxylation sites is 2. The normalized spacial score (nSPS) is 11.0. The number of carbonyl (C=O) groups excluding carboxylic acids is 1. The Morgan fingerprint density at radius 3 is 2.70 bits per heavy atom. The number of anilines is 1. The Labute approximate surface area is 164 Å². The number of carbonyl (C=O) groups is 1. The van der Waals surface area contributed by atoms with E-state index < -0.39 is 0 Å². The highest BCUT2D eigenvalue weighted by molar-refractivity contribution is 7.99. The number of thioether (sulfide) groups is 1. The fourth-order valence-corrected chi connectivity index (χ4v) is 4.54. The van der Waals surface area contributed by atoms with Gasteiger partial charge < -0.3 is 0 Å². The minimum atomic E-state index is 0.00386. The summed E-state index contributed by atoms with van der Waals surface area (Å²) in [4.78, 5) is 19.1. The van der Waals surface area contributed by atoms with E-state index in [1.807, 2.05) is 66.1 Å². The molecule has 0 atom stereocenters. The number of nitrogens with zero attached hydrogens (tertiary/aromatic N) is 5. The first kappa shape index (κ1) is 17.7. The quantitative estimate of drug-likeness (QED) is 0.461. The van der Waals surface area contributed by atoms with Gasteiger partial charge in [-0.15, -0.1) is 10.2 Å². The molecule has 0 radical (unpaired) electrons. The first-order chi connectivity index (χ1) is 13.3. The van der Waals surface area contributed by atoms with Crippen molar-refractivity contribution in [3.63, 3.8) is 0 Å². The van der Waals surface area contributed by atoms with Crippen LogP contribution in [0.2, 0.25) is 0 Å². The van der Waals surface area contributed by atoms with E-state index in [9.17, 15) is 4.79 Å². The molecule has 27 heavy (non-hydrogen) atoms. The molecule has 6 nitrogen and oxygen atoms in total. The molecule has 1 amide bonds. The van der Waals surface area contributed by atoms with Gasteiger partial charge >= 0.3 is 0 Å². The lowest BCUT2D eigenvalue weighted by Crippen LogP contribution is -2.32. The van der Waals surface area contributed by atoms with E-state index in [2.05, 4.69) is 15.2 Å². The minimum Gasteiger partial charge on any atom is -0.288 e. The van der Waals surface area contributed by atoms with Crippen molar-refractivity contribution in [2.45, 2.75) is 12.1 Å². The second kappa shape index (κ2) is 7.89. The van der Waals surface area contributed by atoms with Crippen molar-refractivity contribution < 1.29 is 4.79 Å². The highest BCUT2D eigenvalue weighted by Gasteiger charge is 2.19. The standard InChI is InChI=1S/C19H17N5OS2/c1-2-23(18-21-15-10-6-7-11-16(15)27-18)17(25)12-26-19-22-20-13-24(19)14-8-4-3-5-9-14/h3-11,13H,2,12H2,1H3. The second-order valence-electron chi connectivity index (χ2n) is 5.71. The molecule has 0 N–H and O–H groups in total. The van der Waals surface area contributed by atoms with Crippen LogP contribution in [0.4, 0.5) is 5.13 Å². The van der Waals surface area contributed by atoms with E-state index in [-0.39, 0.29) is 11.7 Å². The van der Waals surface area contributed by atoms with Gasteiger partial charge in [-0.3, -0.25) is 14.3 Å². The van der Waals surface area contributed by atoms with Crippen LogP contribution in [0.1, 0.15) is 6.92 Å². The Hall–Kier alpha value is -2.71. The van der Waals surface area contributed by atoms with Crippen LogP contribution in [-0.4, -0.2) is 38.0 Å². The van der Waals surface area contributed by atoms with E-state index in [4.69, 9.17) is 0 Å². The van der Waals surface area contributed by atoms with Crippen molar-refractivity contribution in [3.8, 4) is 5.69 Å². The number of amides is 1. The SMILES string of the molecule is CCN(C(=O)CSc1nncn1-c1ccccc1)c1nc2ccccc2s1. The third-order valence-corrected chi connectivity index (χ3v) is 5.99. The summed E-state index contributed by atoms with van der Waals surface area (Å²) in [7, 11) is 0. The summed E-state index contributed by atoms with van der Waals surface area (Å²) in [6.45, 7) is 2.53. The predicted molar refractivity (Wildman–Crippen MR) is 110 cm³/mol.